The minimum absolute atomic E-state index is 0.663. The van der Waals surface area contributed by atoms with Crippen LogP contribution >= 0.6 is 0 Å². The van der Waals surface area contributed by atoms with E-state index in [9.17, 15) is 0 Å². The second kappa shape index (κ2) is 4.22. The largest absolute Gasteiger partial charge is 0.465 e. The Balaban J connectivity index is 1.78. The van der Waals surface area contributed by atoms with Crippen molar-refractivity contribution in [1.29, 1.82) is 0 Å². The molecular weight excluding hydrogens is 228 g/mol. The third-order valence-corrected chi connectivity index (χ3v) is 2.76. The SMILES string of the molecule is Cc1ccc(CNc2ccc3oc(C)nc3c2)o1. The van der Waals surface area contributed by atoms with E-state index >= 15 is 0 Å². The van der Waals surface area contributed by atoms with Crippen molar-refractivity contribution in [2.24, 2.45) is 0 Å². The van der Waals surface area contributed by atoms with Crippen LogP contribution in [0.15, 0.2) is 39.2 Å². The summed E-state index contributed by atoms with van der Waals surface area (Å²) in [7, 11) is 0. The van der Waals surface area contributed by atoms with Crippen LogP contribution in [0.25, 0.3) is 11.1 Å². The summed E-state index contributed by atoms with van der Waals surface area (Å²) in [5, 5.41) is 3.30. The van der Waals surface area contributed by atoms with E-state index < -0.39 is 0 Å². The minimum Gasteiger partial charge on any atom is -0.465 e. The van der Waals surface area contributed by atoms with Crippen molar-refractivity contribution in [1.82, 2.24) is 4.98 Å². The van der Waals surface area contributed by atoms with E-state index in [0.717, 1.165) is 28.3 Å². The summed E-state index contributed by atoms with van der Waals surface area (Å²) in [6.07, 6.45) is 0. The smallest absolute Gasteiger partial charge is 0.192 e. The van der Waals surface area contributed by atoms with Crippen LogP contribution in [-0.4, -0.2) is 4.98 Å². The van der Waals surface area contributed by atoms with Crippen LogP contribution < -0.4 is 5.32 Å². The fourth-order valence-electron chi connectivity index (χ4n) is 1.92. The zero-order valence-corrected chi connectivity index (χ0v) is 10.4. The molecule has 0 aliphatic carbocycles. The quantitative estimate of drug-likeness (QED) is 0.761. The molecule has 0 aliphatic rings. The standard InChI is InChI=1S/C14H14N2O2/c1-9-3-5-12(17-9)8-15-11-4-6-14-13(7-11)16-10(2)18-14/h3-7,15H,8H2,1-2H3. The zero-order chi connectivity index (χ0) is 12.5. The van der Waals surface area contributed by atoms with Gasteiger partial charge >= 0.3 is 0 Å². The lowest BCUT2D eigenvalue weighted by molar-refractivity contribution is 0.490. The van der Waals surface area contributed by atoms with Gasteiger partial charge in [0.05, 0.1) is 6.54 Å². The molecule has 1 N–H and O–H groups in total. The fraction of sp³-hybridized carbons (Fsp3) is 0.214. The van der Waals surface area contributed by atoms with Gasteiger partial charge in [-0.05, 0) is 37.3 Å². The number of aryl methyl sites for hydroxylation is 2. The van der Waals surface area contributed by atoms with Crippen molar-refractivity contribution in [3.8, 4) is 0 Å². The van der Waals surface area contributed by atoms with E-state index in [1.807, 2.05) is 44.2 Å². The Morgan fingerprint density at radius 2 is 2.00 bits per heavy atom. The molecule has 4 nitrogen and oxygen atoms in total. The van der Waals surface area contributed by atoms with E-state index in [1.54, 1.807) is 0 Å². The third-order valence-electron chi connectivity index (χ3n) is 2.76. The van der Waals surface area contributed by atoms with Crippen LogP contribution in [0, 0.1) is 13.8 Å². The van der Waals surface area contributed by atoms with Gasteiger partial charge in [0, 0.05) is 12.6 Å². The lowest BCUT2D eigenvalue weighted by Crippen LogP contribution is -1.97. The molecule has 0 saturated heterocycles. The summed E-state index contributed by atoms with van der Waals surface area (Å²) in [5.74, 6) is 2.53. The number of hydrogen-bond donors (Lipinski definition) is 1. The molecule has 3 aromatic rings. The maximum absolute atomic E-state index is 5.50. The molecule has 0 spiro atoms. The van der Waals surface area contributed by atoms with E-state index in [1.165, 1.54) is 0 Å². The molecular formula is C14H14N2O2. The normalized spacial score (nSPS) is 11.0. The molecule has 0 fully saturated rings. The molecule has 0 amide bonds. The first kappa shape index (κ1) is 10.9. The summed E-state index contributed by atoms with van der Waals surface area (Å²) in [4.78, 5) is 4.30. The topological polar surface area (TPSA) is 51.2 Å². The molecule has 0 aliphatic heterocycles. The molecule has 4 heteroatoms. The van der Waals surface area contributed by atoms with Gasteiger partial charge in [-0.1, -0.05) is 0 Å². The van der Waals surface area contributed by atoms with Crippen LogP contribution in [0.5, 0.6) is 0 Å². The van der Waals surface area contributed by atoms with Crippen molar-refractivity contribution < 1.29 is 8.83 Å². The molecule has 1 aromatic carbocycles. The molecule has 92 valence electrons. The van der Waals surface area contributed by atoms with Gasteiger partial charge in [-0.2, -0.15) is 0 Å². The lowest BCUT2D eigenvalue weighted by Gasteiger charge is -2.03. The Morgan fingerprint density at radius 3 is 2.78 bits per heavy atom. The van der Waals surface area contributed by atoms with Gasteiger partial charge in [0.15, 0.2) is 11.5 Å². The Kier molecular flexibility index (Phi) is 2.55. The number of hydrogen-bond acceptors (Lipinski definition) is 4. The maximum Gasteiger partial charge on any atom is 0.192 e. The van der Waals surface area contributed by atoms with Crippen molar-refractivity contribution in [3.05, 3.63) is 47.7 Å². The van der Waals surface area contributed by atoms with Crippen LogP contribution in [0.4, 0.5) is 5.69 Å². The van der Waals surface area contributed by atoms with E-state index in [0.29, 0.717) is 12.4 Å². The number of rotatable bonds is 3. The van der Waals surface area contributed by atoms with Crippen LogP contribution in [0.3, 0.4) is 0 Å². The summed E-state index contributed by atoms with van der Waals surface area (Å²) >= 11 is 0. The van der Waals surface area contributed by atoms with Crippen LogP contribution in [-0.2, 0) is 6.54 Å². The molecule has 18 heavy (non-hydrogen) atoms. The number of anilines is 1. The first-order chi connectivity index (χ1) is 8.70. The predicted molar refractivity (Wildman–Crippen MR) is 69.5 cm³/mol. The molecule has 0 bridgehead atoms. The van der Waals surface area contributed by atoms with Gasteiger partial charge in [0.25, 0.3) is 0 Å². The Bertz CT molecular complexity index is 682. The average molecular weight is 242 g/mol. The first-order valence-electron chi connectivity index (χ1n) is 5.87. The predicted octanol–water partition coefficient (Wildman–Crippen LogP) is 3.65. The van der Waals surface area contributed by atoms with Crippen molar-refractivity contribution in [3.63, 3.8) is 0 Å². The number of fused-ring (bicyclic) bond motifs is 1. The Labute approximate surface area is 105 Å². The fourth-order valence-corrected chi connectivity index (χ4v) is 1.92. The highest BCUT2D eigenvalue weighted by Crippen LogP contribution is 2.20. The molecule has 0 unspecified atom stereocenters. The Morgan fingerprint density at radius 1 is 1.11 bits per heavy atom. The summed E-state index contributed by atoms with van der Waals surface area (Å²) in [5.41, 5.74) is 2.69. The van der Waals surface area contributed by atoms with Crippen LogP contribution in [0.1, 0.15) is 17.4 Å². The number of nitrogens with zero attached hydrogens (tertiary/aromatic N) is 1. The minimum atomic E-state index is 0.663. The monoisotopic (exact) mass is 242 g/mol. The zero-order valence-electron chi connectivity index (χ0n) is 10.4. The van der Waals surface area contributed by atoms with E-state index in [2.05, 4.69) is 10.3 Å². The van der Waals surface area contributed by atoms with E-state index in [-0.39, 0.29) is 0 Å². The second-order valence-corrected chi connectivity index (χ2v) is 4.28. The average Bonchev–Trinajstić information content (AvgIpc) is 2.90. The molecule has 0 atom stereocenters. The number of aromatic nitrogens is 1. The van der Waals surface area contributed by atoms with Crippen molar-refractivity contribution >= 4 is 16.8 Å². The van der Waals surface area contributed by atoms with E-state index in [4.69, 9.17) is 8.83 Å². The number of furan rings is 1. The third kappa shape index (κ3) is 2.09. The van der Waals surface area contributed by atoms with Crippen molar-refractivity contribution in [2.45, 2.75) is 20.4 Å². The van der Waals surface area contributed by atoms with Crippen LogP contribution in [0.2, 0.25) is 0 Å². The van der Waals surface area contributed by atoms with Gasteiger partial charge in [0.2, 0.25) is 0 Å². The molecule has 3 rings (SSSR count). The highest BCUT2D eigenvalue weighted by atomic mass is 16.3. The number of oxazole rings is 1. The highest BCUT2D eigenvalue weighted by Gasteiger charge is 2.03. The first-order valence-corrected chi connectivity index (χ1v) is 5.87. The van der Waals surface area contributed by atoms with Crippen molar-refractivity contribution in [2.75, 3.05) is 5.32 Å². The van der Waals surface area contributed by atoms with Gasteiger partial charge < -0.3 is 14.2 Å². The number of benzene rings is 1. The van der Waals surface area contributed by atoms with Gasteiger partial charge in [-0.25, -0.2) is 4.98 Å². The maximum atomic E-state index is 5.50. The van der Waals surface area contributed by atoms with Gasteiger partial charge in [-0.3, -0.25) is 0 Å². The summed E-state index contributed by atoms with van der Waals surface area (Å²) < 4.78 is 10.9. The molecule has 0 saturated carbocycles. The number of nitrogens with one attached hydrogen (secondary N) is 1. The van der Waals surface area contributed by atoms with Gasteiger partial charge in [0.1, 0.15) is 17.0 Å². The highest BCUT2D eigenvalue weighted by molar-refractivity contribution is 5.77. The summed E-state index contributed by atoms with van der Waals surface area (Å²) in [6.45, 7) is 4.45. The van der Waals surface area contributed by atoms with Gasteiger partial charge in [-0.15, -0.1) is 0 Å². The molecule has 0 radical (unpaired) electrons. The Hall–Kier alpha value is -2.23. The summed E-state index contributed by atoms with van der Waals surface area (Å²) in [6, 6.07) is 9.80. The molecule has 2 aromatic heterocycles. The molecule has 2 heterocycles. The second-order valence-electron chi connectivity index (χ2n) is 4.28. The lowest BCUT2D eigenvalue weighted by atomic mass is 10.3.